The fourth-order valence-electron chi connectivity index (χ4n) is 3.68. The van der Waals surface area contributed by atoms with Crippen LogP contribution in [-0.4, -0.2) is 74.9 Å². The average molecular weight is 522 g/mol. The van der Waals surface area contributed by atoms with E-state index in [0.29, 0.717) is 6.42 Å². The molecule has 1 heterocycles. The number of H-pyrrole nitrogens is 1. The van der Waals surface area contributed by atoms with Gasteiger partial charge in [-0.05, 0) is 24.5 Å². The fraction of sp³-hybridized carbons (Fsp3) is 0.500. The van der Waals surface area contributed by atoms with Crippen molar-refractivity contribution in [2.45, 2.75) is 63.9 Å². The number of thiol groups is 1. The summed E-state index contributed by atoms with van der Waals surface area (Å²) in [5, 5.41) is 27.6. The predicted molar refractivity (Wildman–Crippen MR) is 138 cm³/mol. The molecule has 0 aliphatic carbocycles. The minimum atomic E-state index is -1.57. The number of nitrogens with one attached hydrogen (secondary N) is 4. The molecule has 6 atom stereocenters. The molecular weight excluding hydrogens is 486 g/mol. The minimum Gasteiger partial charge on any atom is -0.480 e. The van der Waals surface area contributed by atoms with E-state index in [4.69, 9.17) is 5.73 Å². The van der Waals surface area contributed by atoms with Gasteiger partial charge < -0.3 is 36.9 Å². The van der Waals surface area contributed by atoms with Crippen molar-refractivity contribution in [3.63, 3.8) is 0 Å². The molecule has 12 heteroatoms. The normalized spacial score (nSPS) is 16.3. The van der Waals surface area contributed by atoms with Gasteiger partial charge in [-0.3, -0.25) is 14.4 Å². The highest BCUT2D eigenvalue weighted by molar-refractivity contribution is 7.80. The van der Waals surface area contributed by atoms with E-state index in [1.807, 2.05) is 31.2 Å². The van der Waals surface area contributed by atoms with Crippen LogP contribution in [0.3, 0.4) is 0 Å². The Balaban J connectivity index is 2.35. The number of aromatic amines is 1. The molecule has 11 nitrogen and oxygen atoms in total. The Morgan fingerprint density at radius 3 is 2.25 bits per heavy atom. The van der Waals surface area contributed by atoms with Gasteiger partial charge in [-0.1, -0.05) is 38.5 Å². The lowest BCUT2D eigenvalue weighted by Gasteiger charge is -2.28. The molecule has 0 bridgehead atoms. The number of aliphatic hydroxyl groups excluding tert-OH is 1. The highest BCUT2D eigenvalue weighted by atomic mass is 32.1. The first-order valence-corrected chi connectivity index (χ1v) is 12.4. The molecule has 0 aliphatic rings. The fourth-order valence-corrected chi connectivity index (χ4v) is 3.84. The summed E-state index contributed by atoms with van der Waals surface area (Å²) in [6.07, 6.45) is 0.924. The van der Waals surface area contributed by atoms with E-state index in [-0.39, 0.29) is 18.1 Å². The maximum Gasteiger partial charge on any atom is 0.328 e. The third-order valence-electron chi connectivity index (χ3n) is 6.10. The van der Waals surface area contributed by atoms with Gasteiger partial charge in [0.15, 0.2) is 6.04 Å². The summed E-state index contributed by atoms with van der Waals surface area (Å²) in [4.78, 5) is 53.5. The van der Waals surface area contributed by atoms with Crippen molar-refractivity contribution in [1.82, 2.24) is 20.9 Å². The molecule has 198 valence electrons. The highest BCUT2D eigenvalue weighted by Crippen LogP contribution is 2.19. The number of rotatable bonds is 13. The SMILES string of the molecule is CCC(C)C(NC(=O)C(N)CS)C(=O)NC(Cc1c[nH]c2ccccc12)C(=O)NC(C(=O)O)C(C)O. The molecule has 0 fully saturated rings. The smallest absolute Gasteiger partial charge is 0.328 e. The lowest BCUT2D eigenvalue weighted by atomic mass is 9.96. The van der Waals surface area contributed by atoms with E-state index in [9.17, 15) is 29.4 Å². The first-order chi connectivity index (χ1) is 17.0. The number of aliphatic carboxylic acids is 1. The van der Waals surface area contributed by atoms with E-state index < -0.39 is 54.0 Å². The zero-order valence-electron chi connectivity index (χ0n) is 20.5. The van der Waals surface area contributed by atoms with Crippen molar-refractivity contribution in [3.8, 4) is 0 Å². The molecule has 3 amide bonds. The van der Waals surface area contributed by atoms with Gasteiger partial charge in [-0.15, -0.1) is 0 Å². The van der Waals surface area contributed by atoms with E-state index in [0.717, 1.165) is 16.5 Å². The Morgan fingerprint density at radius 1 is 1.03 bits per heavy atom. The Bertz CT molecular complexity index is 1070. The summed E-state index contributed by atoms with van der Waals surface area (Å²) in [6.45, 7) is 4.87. The van der Waals surface area contributed by atoms with Gasteiger partial charge >= 0.3 is 5.97 Å². The number of hydrogen-bond acceptors (Lipinski definition) is 7. The number of amides is 3. The minimum absolute atomic E-state index is 0.0328. The molecule has 6 unspecified atom stereocenters. The summed E-state index contributed by atoms with van der Waals surface area (Å²) < 4.78 is 0. The van der Waals surface area contributed by atoms with Crippen LogP contribution in [0.4, 0.5) is 0 Å². The molecular formula is C24H35N5O6S. The van der Waals surface area contributed by atoms with E-state index in [1.54, 1.807) is 13.1 Å². The van der Waals surface area contributed by atoms with Crippen molar-refractivity contribution < 1.29 is 29.4 Å². The maximum absolute atomic E-state index is 13.3. The van der Waals surface area contributed by atoms with E-state index in [2.05, 4.69) is 33.6 Å². The van der Waals surface area contributed by atoms with Crippen molar-refractivity contribution >= 4 is 47.2 Å². The van der Waals surface area contributed by atoms with Crippen LogP contribution < -0.4 is 21.7 Å². The molecule has 0 aliphatic heterocycles. The largest absolute Gasteiger partial charge is 0.480 e. The molecule has 36 heavy (non-hydrogen) atoms. The lowest BCUT2D eigenvalue weighted by molar-refractivity contribution is -0.145. The van der Waals surface area contributed by atoms with Crippen LogP contribution in [0, 0.1) is 5.92 Å². The zero-order valence-corrected chi connectivity index (χ0v) is 21.4. The Labute approximate surface area is 215 Å². The van der Waals surface area contributed by atoms with E-state index in [1.165, 1.54) is 6.92 Å². The number of carboxylic acids is 1. The van der Waals surface area contributed by atoms with Crippen LogP contribution in [0.25, 0.3) is 10.9 Å². The van der Waals surface area contributed by atoms with E-state index >= 15 is 0 Å². The first kappa shape index (κ1) is 29.1. The van der Waals surface area contributed by atoms with Crippen LogP contribution in [0.1, 0.15) is 32.8 Å². The van der Waals surface area contributed by atoms with Gasteiger partial charge in [0.25, 0.3) is 0 Å². The van der Waals surface area contributed by atoms with Crippen LogP contribution >= 0.6 is 12.6 Å². The number of carbonyl (C=O) groups excluding carboxylic acids is 3. The number of benzene rings is 1. The van der Waals surface area contributed by atoms with Crippen LogP contribution in [0.2, 0.25) is 0 Å². The molecule has 2 rings (SSSR count). The third-order valence-corrected chi connectivity index (χ3v) is 6.50. The predicted octanol–water partition coefficient (Wildman–Crippen LogP) is -0.0666. The molecule has 0 radical (unpaired) electrons. The summed E-state index contributed by atoms with van der Waals surface area (Å²) >= 11 is 4.02. The average Bonchev–Trinajstić information content (AvgIpc) is 3.26. The number of aliphatic hydroxyl groups is 1. The number of fused-ring (bicyclic) bond motifs is 1. The molecule has 2 aromatic rings. The number of para-hydroxylation sites is 1. The van der Waals surface area contributed by atoms with Crippen molar-refractivity contribution in [3.05, 3.63) is 36.0 Å². The molecule has 0 spiro atoms. The second-order valence-electron chi connectivity index (χ2n) is 8.85. The van der Waals surface area contributed by atoms with Crippen LogP contribution in [0.15, 0.2) is 30.5 Å². The Morgan fingerprint density at radius 2 is 1.67 bits per heavy atom. The van der Waals surface area contributed by atoms with Gasteiger partial charge in [-0.2, -0.15) is 12.6 Å². The van der Waals surface area contributed by atoms with Crippen molar-refractivity contribution in [2.75, 3.05) is 5.75 Å². The first-order valence-electron chi connectivity index (χ1n) is 11.7. The maximum atomic E-state index is 13.3. The standard InChI is InChI=1S/C24H35N5O6S/c1-4-12(2)19(28-21(31)16(25)11-36)23(33)27-18(22(32)29-20(13(3)30)24(34)35)9-14-10-26-17-8-6-5-7-15(14)17/h5-8,10,12-13,16,18-20,26,30,36H,4,9,11,25H2,1-3H3,(H,27,33)(H,28,31)(H,29,32)(H,34,35). The topological polar surface area (TPSA) is 187 Å². The lowest BCUT2D eigenvalue weighted by Crippen LogP contribution is -2.60. The number of aromatic nitrogens is 1. The van der Waals surface area contributed by atoms with Gasteiger partial charge in [0, 0.05) is 29.3 Å². The monoisotopic (exact) mass is 521 g/mol. The molecule has 0 saturated heterocycles. The molecule has 1 aromatic carbocycles. The molecule has 1 aromatic heterocycles. The van der Waals surface area contributed by atoms with Gasteiger partial charge in [0.05, 0.1) is 12.1 Å². The zero-order chi connectivity index (χ0) is 27.0. The number of carbonyl (C=O) groups is 4. The number of hydrogen-bond donors (Lipinski definition) is 8. The van der Waals surface area contributed by atoms with Gasteiger partial charge in [0.2, 0.25) is 17.7 Å². The van der Waals surface area contributed by atoms with Crippen LogP contribution in [0.5, 0.6) is 0 Å². The summed E-state index contributed by atoms with van der Waals surface area (Å²) in [5.41, 5.74) is 7.29. The second kappa shape index (κ2) is 13.3. The Kier molecular flexibility index (Phi) is 10.8. The second-order valence-corrected chi connectivity index (χ2v) is 9.22. The summed E-state index contributed by atoms with van der Waals surface area (Å²) in [5.74, 6) is -3.58. The molecule has 0 saturated carbocycles. The summed E-state index contributed by atoms with van der Waals surface area (Å²) in [7, 11) is 0. The van der Waals surface area contributed by atoms with Gasteiger partial charge in [0.1, 0.15) is 12.1 Å². The van der Waals surface area contributed by atoms with Crippen molar-refractivity contribution in [1.29, 1.82) is 0 Å². The number of nitrogens with two attached hydrogens (primary N) is 1. The quantitative estimate of drug-likeness (QED) is 0.169. The van der Waals surface area contributed by atoms with Crippen LogP contribution in [-0.2, 0) is 25.6 Å². The molecule has 8 N–H and O–H groups in total. The Hall–Kier alpha value is -3.09. The number of carboxylic acid groups (broad SMARTS) is 1. The van der Waals surface area contributed by atoms with Crippen molar-refractivity contribution in [2.24, 2.45) is 11.7 Å². The van der Waals surface area contributed by atoms with Gasteiger partial charge in [-0.25, -0.2) is 4.79 Å². The summed E-state index contributed by atoms with van der Waals surface area (Å²) in [6, 6.07) is 2.73. The third kappa shape index (κ3) is 7.45. The highest BCUT2D eigenvalue weighted by Gasteiger charge is 2.33.